The number of aliphatic hydroxyl groups excluding tert-OH is 1. The van der Waals surface area contributed by atoms with Crippen molar-refractivity contribution >= 4 is 21.6 Å². The summed E-state index contributed by atoms with van der Waals surface area (Å²) >= 11 is 5.85. The average Bonchev–Trinajstić information content (AvgIpc) is 2.53. The van der Waals surface area contributed by atoms with Crippen LogP contribution in [0.2, 0.25) is 5.02 Å². The van der Waals surface area contributed by atoms with Gasteiger partial charge in [0.1, 0.15) is 23.3 Å². The third-order valence-electron chi connectivity index (χ3n) is 4.52. The molecule has 1 aliphatic rings. The lowest BCUT2D eigenvalue weighted by Gasteiger charge is -2.45. The van der Waals surface area contributed by atoms with E-state index in [1.807, 2.05) is 6.92 Å². The average molecular weight is 394 g/mol. The van der Waals surface area contributed by atoms with E-state index in [1.165, 1.54) is 10.4 Å². The summed E-state index contributed by atoms with van der Waals surface area (Å²) in [6, 6.07) is 1.57. The van der Waals surface area contributed by atoms with Crippen molar-refractivity contribution in [3.05, 3.63) is 28.5 Å². The molecule has 2 atom stereocenters. The summed E-state index contributed by atoms with van der Waals surface area (Å²) in [5.41, 5.74) is -0.756. The van der Waals surface area contributed by atoms with Crippen LogP contribution in [0.15, 0.2) is 12.1 Å². The minimum atomic E-state index is -3.62. The zero-order chi connectivity index (χ0) is 19.0. The Morgan fingerprint density at radius 3 is 2.56 bits per heavy atom. The van der Waals surface area contributed by atoms with Gasteiger partial charge in [-0.1, -0.05) is 24.9 Å². The van der Waals surface area contributed by atoms with E-state index in [2.05, 4.69) is 0 Å². The van der Waals surface area contributed by atoms with Crippen molar-refractivity contribution in [2.45, 2.75) is 58.3 Å². The van der Waals surface area contributed by atoms with Crippen LogP contribution in [0.25, 0.3) is 0 Å². The van der Waals surface area contributed by atoms with E-state index in [0.717, 1.165) is 12.5 Å². The number of sulfonamides is 1. The smallest absolute Gasteiger partial charge is 0.214 e. The Labute approximate surface area is 153 Å². The molecule has 0 radical (unpaired) electrons. The molecule has 1 heterocycles. The van der Waals surface area contributed by atoms with Crippen molar-refractivity contribution in [2.75, 3.05) is 12.3 Å². The molecule has 0 saturated heterocycles. The van der Waals surface area contributed by atoms with Gasteiger partial charge in [-0.25, -0.2) is 12.8 Å². The Bertz CT molecular complexity index is 738. The first-order valence-corrected chi connectivity index (χ1v) is 10.4. The van der Waals surface area contributed by atoms with Gasteiger partial charge in [-0.3, -0.25) is 0 Å². The molecular formula is C17H25ClFNO4S. The number of hydrogen-bond acceptors (Lipinski definition) is 4. The van der Waals surface area contributed by atoms with Crippen molar-refractivity contribution < 1.29 is 22.7 Å². The summed E-state index contributed by atoms with van der Waals surface area (Å²) in [5.74, 6) is -0.489. The second kappa shape index (κ2) is 7.39. The summed E-state index contributed by atoms with van der Waals surface area (Å²) in [4.78, 5) is 0. The monoisotopic (exact) mass is 393 g/mol. The Kier molecular flexibility index (Phi) is 6.03. The van der Waals surface area contributed by atoms with Crippen molar-refractivity contribution in [2.24, 2.45) is 0 Å². The fourth-order valence-electron chi connectivity index (χ4n) is 3.00. The summed E-state index contributed by atoms with van der Waals surface area (Å²) in [5, 5.41) is 10.7. The molecule has 0 amide bonds. The molecule has 5 nitrogen and oxygen atoms in total. The second-order valence-corrected chi connectivity index (χ2v) is 9.38. The maximum atomic E-state index is 14.1. The highest BCUT2D eigenvalue weighted by molar-refractivity contribution is 7.89. The van der Waals surface area contributed by atoms with E-state index in [0.29, 0.717) is 17.7 Å². The highest BCUT2D eigenvalue weighted by Gasteiger charge is 2.48. The van der Waals surface area contributed by atoms with Gasteiger partial charge in [0.15, 0.2) is 0 Å². The molecule has 1 aromatic rings. The first-order valence-electron chi connectivity index (χ1n) is 8.40. The molecule has 25 heavy (non-hydrogen) atoms. The van der Waals surface area contributed by atoms with Crippen molar-refractivity contribution in [1.29, 1.82) is 0 Å². The van der Waals surface area contributed by atoms with E-state index < -0.39 is 33.6 Å². The fraction of sp³-hybridized carbons (Fsp3) is 0.647. The standard InChI is InChI=1S/C17H25ClFNO4S/c1-5-7-8-20(25(22,23)6-2)15-11-9-13(19)12(18)10-14(11)24-17(3,4)16(15)21/h9-10,15-16,21H,5-8H2,1-4H3/t15-,16+/m1/s1. The normalized spacial score (nSPS) is 22.6. The minimum absolute atomic E-state index is 0.105. The molecular weight excluding hydrogens is 369 g/mol. The number of ether oxygens (including phenoxy) is 1. The number of hydrogen-bond donors (Lipinski definition) is 1. The van der Waals surface area contributed by atoms with E-state index in [1.54, 1.807) is 20.8 Å². The van der Waals surface area contributed by atoms with Crippen LogP contribution in [0.5, 0.6) is 5.75 Å². The largest absolute Gasteiger partial charge is 0.485 e. The molecule has 8 heteroatoms. The van der Waals surface area contributed by atoms with E-state index in [-0.39, 0.29) is 17.3 Å². The lowest BCUT2D eigenvalue weighted by molar-refractivity contribution is -0.0793. The number of benzene rings is 1. The van der Waals surface area contributed by atoms with Crippen LogP contribution < -0.4 is 4.74 Å². The number of rotatable bonds is 6. The van der Waals surface area contributed by atoms with Crippen LogP contribution in [-0.4, -0.2) is 41.8 Å². The summed E-state index contributed by atoms with van der Waals surface area (Å²) in [6.45, 7) is 7.08. The molecule has 142 valence electrons. The number of halogens is 2. The Morgan fingerprint density at radius 1 is 1.36 bits per heavy atom. The van der Waals surface area contributed by atoms with Gasteiger partial charge < -0.3 is 9.84 Å². The van der Waals surface area contributed by atoms with Crippen LogP contribution in [0.3, 0.4) is 0 Å². The quantitative estimate of drug-likeness (QED) is 0.803. The van der Waals surface area contributed by atoms with Crippen LogP contribution in [0.4, 0.5) is 4.39 Å². The van der Waals surface area contributed by atoms with Gasteiger partial charge in [-0.15, -0.1) is 0 Å². The van der Waals surface area contributed by atoms with Crippen LogP contribution >= 0.6 is 11.6 Å². The zero-order valence-electron chi connectivity index (χ0n) is 14.9. The Hall–Kier alpha value is -0.890. The molecule has 1 N–H and O–H groups in total. The minimum Gasteiger partial charge on any atom is -0.485 e. The van der Waals surface area contributed by atoms with Gasteiger partial charge in [0.25, 0.3) is 0 Å². The highest BCUT2D eigenvalue weighted by atomic mass is 35.5. The molecule has 0 bridgehead atoms. The SMILES string of the molecule is CCCCN([C@@H]1c2cc(F)c(Cl)cc2OC(C)(C)[C@H]1O)S(=O)(=O)CC. The molecule has 0 spiro atoms. The van der Waals surface area contributed by atoms with Crippen molar-refractivity contribution in [1.82, 2.24) is 4.31 Å². The van der Waals surface area contributed by atoms with Gasteiger partial charge in [-0.2, -0.15) is 4.31 Å². The summed E-state index contributed by atoms with van der Waals surface area (Å²) < 4.78 is 46.5. The Morgan fingerprint density at radius 2 is 2.00 bits per heavy atom. The molecule has 1 aliphatic heterocycles. The van der Waals surface area contributed by atoms with Crippen LogP contribution in [0.1, 0.15) is 52.1 Å². The number of unbranched alkanes of at least 4 members (excludes halogenated alkanes) is 1. The molecule has 0 unspecified atom stereocenters. The topological polar surface area (TPSA) is 66.8 Å². The van der Waals surface area contributed by atoms with Gasteiger partial charge in [-0.05, 0) is 33.3 Å². The van der Waals surface area contributed by atoms with E-state index >= 15 is 0 Å². The summed E-state index contributed by atoms with van der Waals surface area (Å²) in [7, 11) is -3.62. The van der Waals surface area contributed by atoms with Crippen molar-refractivity contribution in [3.8, 4) is 5.75 Å². The molecule has 1 aromatic carbocycles. The third kappa shape index (κ3) is 3.94. The van der Waals surface area contributed by atoms with E-state index in [4.69, 9.17) is 16.3 Å². The number of nitrogens with zero attached hydrogens (tertiary/aromatic N) is 1. The number of fused-ring (bicyclic) bond motifs is 1. The maximum absolute atomic E-state index is 14.1. The third-order valence-corrected chi connectivity index (χ3v) is 6.66. The predicted molar refractivity (Wildman–Crippen MR) is 95.9 cm³/mol. The molecule has 0 saturated carbocycles. The molecule has 0 aliphatic carbocycles. The highest BCUT2D eigenvalue weighted by Crippen LogP contribution is 2.45. The van der Waals surface area contributed by atoms with Crippen molar-refractivity contribution in [3.63, 3.8) is 0 Å². The van der Waals surface area contributed by atoms with Gasteiger partial charge in [0, 0.05) is 18.2 Å². The van der Waals surface area contributed by atoms with Gasteiger partial charge in [0.05, 0.1) is 16.8 Å². The molecule has 2 rings (SSSR count). The lowest BCUT2D eigenvalue weighted by Crippen LogP contribution is -2.55. The molecule has 0 fully saturated rings. The zero-order valence-corrected chi connectivity index (χ0v) is 16.5. The first-order chi connectivity index (χ1) is 11.5. The van der Waals surface area contributed by atoms with E-state index in [9.17, 15) is 17.9 Å². The predicted octanol–water partition coefficient (Wildman–Crippen LogP) is 3.50. The second-order valence-electron chi connectivity index (χ2n) is 6.76. The van der Waals surface area contributed by atoms with Gasteiger partial charge in [0.2, 0.25) is 10.0 Å². The lowest BCUT2D eigenvalue weighted by atomic mass is 9.86. The van der Waals surface area contributed by atoms with Gasteiger partial charge >= 0.3 is 0 Å². The maximum Gasteiger partial charge on any atom is 0.214 e. The first kappa shape index (κ1) is 20.4. The number of aliphatic hydroxyl groups is 1. The summed E-state index contributed by atoms with van der Waals surface area (Å²) in [6.07, 6.45) is 0.272. The van der Waals surface area contributed by atoms with Crippen LogP contribution in [-0.2, 0) is 10.0 Å². The fourth-order valence-corrected chi connectivity index (χ4v) is 4.47. The van der Waals surface area contributed by atoms with Crippen LogP contribution in [0, 0.1) is 5.82 Å². The molecule has 0 aromatic heterocycles. The Balaban J connectivity index is 2.65.